The van der Waals surface area contributed by atoms with E-state index in [1.807, 2.05) is 0 Å². The molecule has 1 aromatic heterocycles. The molecule has 2 N–H and O–H groups in total. The van der Waals surface area contributed by atoms with Crippen LogP contribution in [-0.4, -0.2) is 9.97 Å². The zero-order valence-electron chi connectivity index (χ0n) is 8.54. The zero-order valence-corrected chi connectivity index (χ0v) is 9.29. The van der Waals surface area contributed by atoms with E-state index in [1.54, 1.807) is 19.1 Å². The normalized spacial score (nSPS) is 10.4. The van der Waals surface area contributed by atoms with Gasteiger partial charge in [-0.05, 0) is 19.1 Å². The predicted molar refractivity (Wildman–Crippen MR) is 61.6 cm³/mol. The van der Waals surface area contributed by atoms with Crippen molar-refractivity contribution in [3.8, 4) is 11.4 Å². The first-order valence-electron chi connectivity index (χ1n) is 4.63. The van der Waals surface area contributed by atoms with E-state index < -0.39 is 5.82 Å². The molecule has 0 radical (unpaired) electrons. The summed E-state index contributed by atoms with van der Waals surface area (Å²) in [6.07, 6.45) is 0. The van der Waals surface area contributed by atoms with E-state index in [9.17, 15) is 4.39 Å². The summed E-state index contributed by atoms with van der Waals surface area (Å²) in [5.74, 6) is 0.0416. The second-order valence-corrected chi connectivity index (χ2v) is 3.76. The van der Waals surface area contributed by atoms with Gasteiger partial charge in [0.25, 0.3) is 0 Å². The lowest BCUT2D eigenvalue weighted by Crippen LogP contribution is -1.99. The monoisotopic (exact) mass is 237 g/mol. The van der Waals surface area contributed by atoms with Crippen molar-refractivity contribution < 1.29 is 4.39 Å². The first-order chi connectivity index (χ1) is 7.58. The first kappa shape index (κ1) is 10.8. The van der Waals surface area contributed by atoms with Crippen molar-refractivity contribution in [3.05, 3.63) is 40.8 Å². The maximum absolute atomic E-state index is 13.6. The van der Waals surface area contributed by atoms with Crippen molar-refractivity contribution in [2.45, 2.75) is 6.92 Å². The van der Waals surface area contributed by atoms with Gasteiger partial charge in [-0.15, -0.1) is 0 Å². The minimum absolute atomic E-state index is 0.180. The molecule has 5 heteroatoms. The lowest BCUT2D eigenvalue weighted by molar-refractivity contribution is 0.630. The molecule has 3 nitrogen and oxygen atoms in total. The Balaban J connectivity index is 2.67. The minimum atomic E-state index is -0.461. The summed E-state index contributed by atoms with van der Waals surface area (Å²) in [4.78, 5) is 8.08. The maximum atomic E-state index is 13.6. The lowest BCUT2D eigenvalue weighted by atomic mass is 10.2. The third-order valence-corrected chi connectivity index (χ3v) is 2.38. The van der Waals surface area contributed by atoms with Gasteiger partial charge in [-0.25, -0.2) is 14.4 Å². The van der Waals surface area contributed by atoms with Crippen molar-refractivity contribution in [2.24, 2.45) is 0 Å². The Morgan fingerprint density at radius 3 is 2.69 bits per heavy atom. The van der Waals surface area contributed by atoms with Crippen molar-refractivity contribution in [1.29, 1.82) is 0 Å². The molecule has 2 aromatic rings. The van der Waals surface area contributed by atoms with Crippen LogP contribution in [0, 0.1) is 12.7 Å². The molecule has 0 saturated heterocycles. The number of nitrogens with zero attached hydrogens (tertiary/aromatic N) is 2. The highest BCUT2D eigenvalue weighted by atomic mass is 35.5. The van der Waals surface area contributed by atoms with Crippen molar-refractivity contribution >= 4 is 17.4 Å². The molecule has 0 spiro atoms. The van der Waals surface area contributed by atoms with Gasteiger partial charge in [0, 0.05) is 11.8 Å². The SMILES string of the molecule is Cc1cc(N)nc(-c2c(F)cccc2Cl)n1. The quantitative estimate of drug-likeness (QED) is 0.830. The Hall–Kier alpha value is -1.68. The maximum Gasteiger partial charge on any atom is 0.166 e. The van der Waals surface area contributed by atoms with Gasteiger partial charge >= 0.3 is 0 Å². The number of rotatable bonds is 1. The summed E-state index contributed by atoms with van der Waals surface area (Å²) >= 11 is 5.91. The van der Waals surface area contributed by atoms with Gasteiger partial charge < -0.3 is 5.73 Å². The fraction of sp³-hybridized carbons (Fsp3) is 0.0909. The highest BCUT2D eigenvalue weighted by Gasteiger charge is 2.13. The van der Waals surface area contributed by atoms with Gasteiger partial charge in [-0.2, -0.15) is 0 Å². The van der Waals surface area contributed by atoms with E-state index in [4.69, 9.17) is 17.3 Å². The summed E-state index contributed by atoms with van der Waals surface area (Å²) in [5, 5.41) is 0.269. The summed E-state index contributed by atoms with van der Waals surface area (Å²) in [6, 6.07) is 6.03. The Kier molecular flexibility index (Phi) is 2.75. The smallest absolute Gasteiger partial charge is 0.166 e. The van der Waals surface area contributed by atoms with Crippen LogP contribution in [0.15, 0.2) is 24.3 Å². The average molecular weight is 238 g/mol. The van der Waals surface area contributed by atoms with Crippen LogP contribution in [0.25, 0.3) is 11.4 Å². The summed E-state index contributed by atoms with van der Waals surface area (Å²) in [7, 11) is 0. The lowest BCUT2D eigenvalue weighted by Gasteiger charge is -2.06. The van der Waals surface area contributed by atoms with Crippen LogP contribution in [0.1, 0.15) is 5.69 Å². The van der Waals surface area contributed by atoms with E-state index in [0.717, 1.165) is 0 Å². The second-order valence-electron chi connectivity index (χ2n) is 3.35. The number of anilines is 1. The summed E-state index contributed by atoms with van der Waals surface area (Å²) in [6.45, 7) is 1.76. The molecular formula is C11H9ClFN3. The number of halogens is 2. The molecule has 2 rings (SSSR count). The van der Waals surface area contributed by atoms with Crippen molar-refractivity contribution in [3.63, 3.8) is 0 Å². The van der Waals surface area contributed by atoms with Crippen LogP contribution in [0.3, 0.4) is 0 Å². The predicted octanol–water partition coefficient (Wildman–Crippen LogP) is 2.83. The van der Waals surface area contributed by atoms with Gasteiger partial charge in [-0.1, -0.05) is 17.7 Å². The van der Waals surface area contributed by atoms with Gasteiger partial charge in [-0.3, -0.25) is 0 Å². The molecule has 16 heavy (non-hydrogen) atoms. The molecule has 0 fully saturated rings. The molecule has 0 atom stereocenters. The average Bonchev–Trinajstić information content (AvgIpc) is 2.15. The minimum Gasteiger partial charge on any atom is -0.384 e. The number of aryl methyl sites for hydroxylation is 1. The molecule has 0 amide bonds. The topological polar surface area (TPSA) is 51.8 Å². The van der Waals surface area contributed by atoms with Crippen LogP contribution in [0.4, 0.5) is 10.2 Å². The van der Waals surface area contributed by atoms with Gasteiger partial charge in [0.1, 0.15) is 11.6 Å². The molecule has 0 aliphatic rings. The van der Waals surface area contributed by atoms with Crippen LogP contribution in [0.2, 0.25) is 5.02 Å². The molecule has 0 aliphatic carbocycles. The van der Waals surface area contributed by atoms with E-state index in [2.05, 4.69) is 9.97 Å². The third kappa shape index (κ3) is 1.97. The number of nitrogens with two attached hydrogens (primary N) is 1. The van der Waals surface area contributed by atoms with Crippen LogP contribution in [-0.2, 0) is 0 Å². The van der Waals surface area contributed by atoms with Gasteiger partial charge in [0.15, 0.2) is 5.82 Å². The Morgan fingerprint density at radius 1 is 1.31 bits per heavy atom. The molecule has 0 unspecified atom stereocenters. The molecule has 1 aromatic carbocycles. The highest BCUT2D eigenvalue weighted by molar-refractivity contribution is 6.33. The highest BCUT2D eigenvalue weighted by Crippen LogP contribution is 2.28. The number of nitrogen functional groups attached to an aromatic ring is 1. The van der Waals surface area contributed by atoms with E-state index in [1.165, 1.54) is 12.1 Å². The van der Waals surface area contributed by atoms with E-state index in [0.29, 0.717) is 11.5 Å². The Labute approximate surface area is 97.1 Å². The second kappa shape index (κ2) is 4.06. The van der Waals surface area contributed by atoms with E-state index >= 15 is 0 Å². The third-order valence-electron chi connectivity index (χ3n) is 2.06. The fourth-order valence-electron chi connectivity index (χ4n) is 1.42. The standard InChI is InChI=1S/C11H9ClFN3/c1-6-5-9(14)16-11(15-6)10-7(12)3-2-4-8(10)13/h2-5H,1H3,(H2,14,15,16). The largest absolute Gasteiger partial charge is 0.384 e. The molecule has 82 valence electrons. The molecular weight excluding hydrogens is 229 g/mol. The van der Waals surface area contributed by atoms with Crippen LogP contribution in [0.5, 0.6) is 0 Å². The van der Waals surface area contributed by atoms with Crippen molar-refractivity contribution in [2.75, 3.05) is 5.73 Å². The van der Waals surface area contributed by atoms with Gasteiger partial charge in [0.05, 0.1) is 10.6 Å². The van der Waals surface area contributed by atoms with Crippen LogP contribution >= 0.6 is 11.6 Å². The molecule has 0 aliphatic heterocycles. The van der Waals surface area contributed by atoms with Crippen molar-refractivity contribution in [1.82, 2.24) is 9.97 Å². The Morgan fingerprint density at radius 2 is 2.06 bits per heavy atom. The fourth-order valence-corrected chi connectivity index (χ4v) is 1.66. The van der Waals surface area contributed by atoms with Gasteiger partial charge in [0.2, 0.25) is 0 Å². The molecule has 0 bridgehead atoms. The Bertz CT molecular complexity index is 502. The first-order valence-corrected chi connectivity index (χ1v) is 5.01. The number of aromatic nitrogens is 2. The number of benzene rings is 1. The van der Waals surface area contributed by atoms with Crippen LogP contribution < -0.4 is 5.73 Å². The number of hydrogen-bond donors (Lipinski definition) is 1. The summed E-state index contributed by atoms with van der Waals surface area (Å²) in [5.41, 5.74) is 6.43. The molecule has 0 saturated carbocycles. The summed E-state index contributed by atoms with van der Waals surface area (Å²) < 4.78 is 13.6. The van der Waals surface area contributed by atoms with E-state index in [-0.39, 0.29) is 16.4 Å². The molecule has 1 heterocycles. The number of hydrogen-bond acceptors (Lipinski definition) is 3. The zero-order chi connectivity index (χ0) is 11.7.